The molecule has 72 valence electrons. The molecular formula is C7H8ClNNaO3S+. The van der Waals surface area contributed by atoms with Gasteiger partial charge in [0.1, 0.15) is 4.90 Å². The van der Waals surface area contributed by atoms with Gasteiger partial charge in [-0.15, -0.1) is 0 Å². The molecule has 0 spiro atoms. The van der Waals surface area contributed by atoms with Crippen molar-refractivity contribution in [1.29, 1.82) is 0 Å². The topological polar surface area (TPSA) is 80.4 Å². The summed E-state index contributed by atoms with van der Waals surface area (Å²) in [6.07, 6.45) is 0. The van der Waals surface area contributed by atoms with Crippen LogP contribution in [0, 0.1) is 6.92 Å². The summed E-state index contributed by atoms with van der Waals surface area (Å²) in [6, 6.07) is 2.52. The fourth-order valence-electron chi connectivity index (χ4n) is 0.894. The van der Waals surface area contributed by atoms with Gasteiger partial charge in [0.2, 0.25) is 0 Å². The monoisotopic (exact) mass is 244 g/mol. The van der Waals surface area contributed by atoms with Gasteiger partial charge in [0.15, 0.2) is 0 Å². The molecule has 1 rings (SSSR count). The second-order valence-electron chi connectivity index (χ2n) is 2.61. The third-order valence-corrected chi connectivity index (χ3v) is 2.89. The van der Waals surface area contributed by atoms with Crippen molar-refractivity contribution in [2.24, 2.45) is 0 Å². The van der Waals surface area contributed by atoms with Crippen LogP contribution in [0.2, 0.25) is 5.02 Å². The zero-order valence-corrected chi connectivity index (χ0v) is 11.4. The first-order valence-corrected chi connectivity index (χ1v) is 5.17. The summed E-state index contributed by atoms with van der Waals surface area (Å²) >= 11 is 5.68. The minimum absolute atomic E-state index is 0. The van der Waals surface area contributed by atoms with Gasteiger partial charge in [-0.3, -0.25) is 4.55 Å². The molecule has 14 heavy (non-hydrogen) atoms. The maximum atomic E-state index is 10.7. The third kappa shape index (κ3) is 3.12. The molecular weight excluding hydrogens is 237 g/mol. The number of anilines is 1. The van der Waals surface area contributed by atoms with E-state index in [0.717, 1.165) is 0 Å². The summed E-state index contributed by atoms with van der Waals surface area (Å²) in [7, 11) is -4.26. The number of nitrogens with two attached hydrogens (primary N) is 1. The Hall–Kier alpha value is 0.220. The Bertz CT molecular complexity index is 446. The van der Waals surface area contributed by atoms with Crippen molar-refractivity contribution in [1.82, 2.24) is 0 Å². The van der Waals surface area contributed by atoms with Crippen molar-refractivity contribution >= 4 is 27.4 Å². The molecule has 0 aliphatic rings. The van der Waals surface area contributed by atoms with Crippen LogP contribution < -0.4 is 35.3 Å². The molecule has 0 aliphatic heterocycles. The van der Waals surface area contributed by atoms with E-state index in [2.05, 4.69) is 0 Å². The fraction of sp³-hybridized carbons (Fsp3) is 0.143. The summed E-state index contributed by atoms with van der Waals surface area (Å²) in [6.45, 7) is 1.62. The van der Waals surface area contributed by atoms with Crippen LogP contribution in [0.15, 0.2) is 17.0 Å². The Morgan fingerprint density at radius 1 is 1.43 bits per heavy atom. The Balaban J connectivity index is 0.00000169. The largest absolute Gasteiger partial charge is 1.00 e. The second-order valence-corrected chi connectivity index (χ2v) is 4.41. The van der Waals surface area contributed by atoms with E-state index in [1.165, 1.54) is 12.1 Å². The minimum Gasteiger partial charge on any atom is -0.398 e. The molecule has 0 aromatic heterocycles. The first-order valence-electron chi connectivity index (χ1n) is 3.35. The smallest absolute Gasteiger partial charge is 0.398 e. The van der Waals surface area contributed by atoms with E-state index in [0.29, 0.717) is 10.6 Å². The van der Waals surface area contributed by atoms with Crippen LogP contribution in [0.3, 0.4) is 0 Å². The quantitative estimate of drug-likeness (QED) is 0.357. The fourth-order valence-corrected chi connectivity index (χ4v) is 1.75. The molecule has 4 nitrogen and oxygen atoms in total. The van der Waals surface area contributed by atoms with Gasteiger partial charge < -0.3 is 5.73 Å². The third-order valence-electron chi connectivity index (χ3n) is 1.57. The average Bonchev–Trinajstić information content (AvgIpc) is 1.94. The molecule has 0 radical (unpaired) electrons. The Kier molecular flexibility index (Phi) is 4.90. The predicted molar refractivity (Wildman–Crippen MR) is 50.4 cm³/mol. The van der Waals surface area contributed by atoms with E-state index in [1.807, 2.05) is 0 Å². The molecule has 0 saturated heterocycles. The standard InChI is InChI=1S/C7H8ClNO3S.Na/c1-4-2-7(13(10,11)12)6(9)3-5(4)8;/h2-3H,9H2,1H3,(H,10,11,12);/q;+1. The molecule has 7 heteroatoms. The van der Waals surface area contributed by atoms with Gasteiger partial charge in [0.05, 0.1) is 5.69 Å². The molecule has 0 unspecified atom stereocenters. The number of hydrogen-bond donors (Lipinski definition) is 2. The molecule has 0 fully saturated rings. The van der Waals surface area contributed by atoms with Crippen molar-refractivity contribution in [3.8, 4) is 0 Å². The zero-order valence-electron chi connectivity index (χ0n) is 7.78. The van der Waals surface area contributed by atoms with Crippen molar-refractivity contribution < 1.29 is 42.5 Å². The molecule has 0 amide bonds. The van der Waals surface area contributed by atoms with Crippen LogP contribution >= 0.6 is 11.6 Å². The van der Waals surface area contributed by atoms with Gasteiger partial charge in [0, 0.05) is 5.02 Å². The van der Waals surface area contributed by atoms with Crippen LogP contribution in [0.5, 0.6) is 0 Å². The summed E-state index contributed by atoms with van der Waals surface area (Å²) < 4.78 is 30.2. The number of rotatable bonds is 1. The van der Waals surface area contributed by atoms with Crippen LogP contribution in [0.1, 0.15) is 5.56 Å². The summed E-state index contributed by atoms with van der Waals surface area (Å²) in [5.41, 5.74) is 5.84. The molecule has 0 bridgehead atoms. The first-order chi connectivity index (χ1) is 5.82. The number of hydrogen-bond acceptors (Lipinski definition) is 3. The van der Waals surface area contributed by atoms with Gasteiger partial charge in [0.25, 0.3) is 10.1 Å². The van der Waals surface area contributed by atoms with E-state index in [4.69, 9.17) is 21.9 Å². The summed E-state index contributed by atoms with van der Waals surface area (Å²) in [5, 5.41) is 0.366. The Morgan fingerprint density at radius 3 is 2.36 bits per heavy atom. The van der Waals surface area contributed by atoms with Crippen LogP contribution in [-0.2, 0) is 10.1 Å². The summed E-state index contributed by atoms with van der Waals surface area (Å²) in [5.74, 6) is 0. The molecule has 0 aliphatic carbocycles. The van der Waals surface area contributed by atoms with Crippen LogP contribution in [-0.4, -0.2) is 13.0 Å². The van der Waals surface area contributed by atoms with Crippen molar-refractivity contribution in [3.05, 3.63) is 22.7 Å². The molecule has 1 aromatic carbocycles. The van der Waals surface area contributed by atoms with E-state index in [-0.39, 0.29) is 40.1 Å². The average molecular weight is 245 g/mol. The van der Waals surface area contributed by atoms with Gasteiger partial charge >= 0.3 is 29.6 Å². The second kappa shape index (κ2) is 4.83. The SMILES string of the molecule is Cc1cc(S(=O)(=O)O)c(N)cc1Cl.[Na+]. The number of nitrogen functional groups attached to an aromatic ring is 1. The van der Waals surface area contributed by atoms with Crippen molar-refractivity contribution in [2.45, 2.75) is 11.8 Å². The van der Waals surface area contributed by atoms with Gasteiger partial charge in [-0.2, -0.15) is 8.42 Å². The van der Waals surface area contributed by atoms with Gasteiger partial charge in [-0.05, 0) is 24.6 Å². The van der Waals surface area contributed by atoms with Crippen LogP contribution in [0.25, 0.3) is 0 Å². The van der Waals surface area contributed by atoms with Crippen LogP contribution in [0.4, 0.5) is 5.69 Å². The van der Waals surface area contributed by atoms with Crippen molar-refractivity contribution in [2.75, 3.05) is 5.73 Å². The maximum Gasteiger partial charge on any atom is 1.00 e. The maximum absolute atomic E-state index is 10.7. The van der Waals surface area contributed by atoms with E-state index < -0.39 is 10.1 Å². The molecule has 0 heterocycles. The van der Waals surface area contributed by atoms with Gasteiger partial charge in [-0.25, -0.2) is 0 Å². The molecule has 3 N–H and O–H groups in total. The summed E-state index contributed by atoms with van der Waals surface area (Å²) in [4.78, 5) is -0.311. The number of benzene rings is 1. The molecule has 0 atom stereocenters. The zero-order chi connectivity index (χ0) is 10.2. The van der Waals surface area contributed by atoms with Gasteiger partial charge in [-0.1, -0.05) is 11.6 Å². The number of halogens is 1. The molecule has 1 aromatic rings. The minimum atomic E-state index is -4.26. The van der Waals surface area contributed by atoms with E-state index in [9.17, 15) is 8.42 Å². The Labute approximate surface area is 109 Å². The normalized spacial score (nSPS) is 10.8. The van der Waals surface area contributed by atoms with E-state index in [1.54, 1.807) is 6.92 Å². The molecule has 0 saturated carbocycles. The predicted octanol–water partition coefficient (Wildman–Crippen LogP) is -1.52. The Morgan fingerprint density at radius 2 is 1.93 bits per heavy atom. The van der Waals surface area contributed by atoms with E-state index >= 15 is 0 Å². The first kappa shape index (κ1) is 14.2. The number of aryl methyl sites for hydroxylation is 1. The van der Waals surface area contributed by atoms with Crippen molar-refractivity contribution in [3.63, 3.8) is 0 Å².